The van der Waals surface area contributed by atoms with Gasteiger partial charge in [-0.15, -0.1) is 0 Å². The minimum Gasteiger partial charge on any atom is -0.483 e. The molecule has 4 aromatic carbocycles. The summed E-state index contributed by atoms with van der Waals surface area (Å²) in [6.45, 7) is 7.78. The van der Waals surface area contributed by atoms with Gasteiger partial charge in [0.25, 0.3) is 0 Å². The van der Waals surface area contributed by atoms with Crippen LogP contribution in [0.1, 0.15) is 55.5 Å². The standard InChI is InChI=1S/C36H33F3N2O6S/c1-34(2)21-40-31(30-27-19-35(3,4)46-32(27)29(18-28(30)34)47-48(43,44)36(37,38)39)25-12-8-11-24(17-25)23-13-15-26(16-14-23)41-33(42)45-20-22-9-6-5-7-10-22/h5-18H,19-21H2,1-4H3,(H,41,42). The second-order valence-electron chi connectivity index (χ2n) is 13.0. The molecular weight excluding hydrogens is 645 g/mol. The number of hydrogen-bond donors (Lipinski definition) is 1. The summed E-state index contributed by atoms with van der Waals surface area (Å²) in [5.74, 6) is -0.536. The lowest BCUT2D eigenvalue weighted by Gasteiger charge is -2.33. The molecule has 6 rings (SSSR count). The summed E-state index contributed by atoms with van der Waals surface area (Å²) in [5, 5.41) is 2.73. The molecule has 0 saturated heterocycles. The van der Waals surface area contributed by atoms with Gasteiger partial charge in [-0.3, -0.25) is 10.3 Å². The number of aliphatic imine (C=N–C) groups is 1. The highest BCUT2D eigenvalue weighted by molar-refractivity contribution is 7.88. The Bertz CT molecular complexity index is 2020. The monoisotopic (exact) mass is 678 g/mol. The van der Waals surface area contributed by atoms with Crippen LogP contribution in [0.2, 0.25) is 0 Å². The van der Waals surface area contributed by atoms with Crippen LogP contribution in [-0.4, -0.2) is 37.9 Å². The Morgan fingerprint density at radius 3 is 2.29 bits per heavy atom. The van der Waals surface area contributed by atoms with E-state index in [1.165, 1.54) is 6.07 Å². The van der Waals surface area contributed by atoms with Crippen molar-refractivity contribution < 1.29 is 40.0 Å². The zero-order valence-corrected chi connectivity index (χ0v) is 27.5. The van der Waals surface area contributed by atoms with E-state index < -0.39 is 38.5 Å². The molecule has 0 unspecified atom stereocenters. The van der Waals surface area contributed by atoms with Gasteiger partial charge in [0.15, 0.2) is 11.5 Å². The zero-order chi connectivity index (χ0) is 34.5. The highest BCUT2D eigenvalue weighted by Crippen LogP contribution is 2.50. The zero-order valence-electron chi connectivity index (χ0n) is 26.6. The van der Waals surface area contributed by atoms with Crippen LogP contribution >= 0.6 is 0 Å². The number of rotatable bonds is 7. The molecule has 2 aliphatic heterocycles. The molecule has 8 nitrogen and oxygen atoms in total. The first-order valence-electron chi connectivity index (χ1n) is 15.2. The molecule has 2 heterocycles. The first-order chi connectivity index (χ1) is 22.5. The van der Waals surface area contributed by atoms with Gasteiger partial charge in [0, 0.05) is 40.8 Å². The quantitative estimate of drug-likeness (QED) is 0.156. The van der Waals surface area contributed by atoms with E-state index in [1.54, 1.807) is 26.0 Å². The van der Waals surface area contributed by atoms with Crippen LogP contribution in [0.5, 0.6) is 11.5 Å². The molecule has 0 fully saturated rings. The van der Waals surface area contributed by atoms with Crippen LogP contribution in [0.15, 0.2) is 89.9 Å². The van der Waals surface area contributed by atoms with Crippen molar-refractivity contribution in [2.45, 2.75) is 57.2 Å². The van der Waals surface area contributed by atoms with E-state index >= 15 is 0 Å². The third kappa shape index (κ3) is 6.62. The average molecular weight is 679 g/mol. The van der Waals surface area contributed by atoms with Crippen molar-refractivity contribution in [2.75, 3.05) is 11.9 Å². The number of nitrogens with one attached hydrogen (secondary N) is 1. The summed E-state index contributed by atoms with van der Waals surface area (Å²) in [5.41, 5.74) is -0.702. The Morgan fingerprint density at radius 2 is 1.60 bits per heavy atom. The van der Waals surface area contributed by atoms with E-state index in [0.717, 1.165) is 22.3 Å². The van der Waals surface area contributed by atoms with Gasteiger partial charge in [-0.25, -0.2) is 4.79 Å². The largest absolute Gasteiger partial charge is 0.534 e. The van der Waals surface area contributed by atoms with E-state index in [2.05, 4.69) is 5.32 Å². The summed E-state index contributed by atoms with van der Waals surface area (Å²) in [6.07, 6.45) is -0.278. The number of halogens is 3. The molecule has 1 amide bonds. The van der Waals surface area contributed by atoms with Crippen LogP contribution in [0.3, 0.4) is 0 Å². The predicted octanol–water partition coefficient (Wildman–Crippen LogP) is 8.17. The van der Waals surface area contributed by atoms with Crippen molar-refractivity contribution >= 4 is 27.6 Å². The van der Waals surface area contributed by atoms with E-state index in [0.29, 0.717) is 41.1 Å². The number of nitrogens with zero attached hydrogens (tertiary/aromatic N) is 1. The summed E-state index contributed by atoms with van der Waals surface area (Å²) in [7, 11) is -5.94. The number of anilines is 1. The van der Waals surface area contributed by atoms with Crippen LogP contribution in [-0.2, 0) is 33.3 Å². The van der Waals surface area contributed by atoms with Gasteiger partial charge in [-0.2, -0.15) is 21.6 Å². The number of fused-ring (bicyclic) bond motifs is 3. The third-order valence-electron chi connectivity index (χ3n) is 8.22. The normalized spacial score (nSPS) is 16.2. The molecule has 0 bridgehead atoms. The molecule has 250 valence electrons. The number of benzene rings is 4. The van der Waals surface area contributed by atoms with Crippen LogP contribution in [0.25, 0.3) is 11.1 Å². The average Bonchev–Trinajstić information content (AvgIpc) is 3.36. The lowest BCUT2D eigenvalue weighted by molar-refractivity contribution is -0.0500. The molecule has 2 aliphatic rings. The van der Waals surface area contributed by atoms with Crippen LogP contribution in [0.4, 0.5) is 23.7 Å². The summed E-state index contributed by atoms with van der Waals surface area (Å²) in [6, 6.07) is 25.6. The highest BCUT2D eigenvalue weighted by Gasteiger charge is 2.50. The maximum absolute atomic E-state index is 13.3. The molecule has 1 N–H and O–H groups in total. The van der Waals surface area contributed by atoms with Crippen molar-refractivity contribution in [3.8, 4) is 22.6 Å². The van der Waals surface area contributed by atoms with Gasteiger partial charge in [0.2, 0.25) is 0 Å². The van der Waals surface area contributed by atoms with Gasteiger partial charge in [-0.1, -0.05) is 74.5 Å². The van der Waals surface area contributed by atoms with E-state index in [9.17, 15) is 26.4 Å². The van der Waals surface area contributed by atoms with Crippen LogP contribution in [0, 0.1) is 0 Å². The topological polar surface area (TPSA) is 103 Å². The smallest absolute Gasteiger partial charge is 0.483 e. The molecule has 0 atom stereocenters. The summed E-state index contributed by atoms with van der Waals surface area (Å²) < 4.78 is 80.2. The van der Waals surface area contributed by atoms with E-state index in [4.69, 9.17) is 18.6 Å². The number of alkyl halides is 3. The van der Waals surface area contributed by atoms with E-state index in [-0.39, 0.29) is 12.4 Å². The van der Waals surface area contributed by atoms with Crippen molar-refractivity contribution in [2.24, 2.45) is 4.99 Å². The molecule has 0 aromatic heterocycles. The van der Waals surface area contributed by atoms with E-state index in [1.807, 2.05) is 80.6 Å². The Kier molecular flexibility index (Phi) is 8.27. The number of amides is 1. The second kappa shape index (κ2) is 12.0. The maximum Gasteiger partial charge on any atom is 0.534 e. The fourth-order valence-corrected chi connectivity index (χ4v) is 6.34. The molecule has 48 heavy (non-hydrogen) atoms. The second-order valence-corrected chi connectivity index (χ2v) is 14.6. The first kappa shape index (κ1) is 33.1. The van der Waals surface area contributed by atoms with Gasteiger partial charge in [0.05, 0.1) is 5.71 Å². The Balaban J connectivity index is 1.31. The lowest BCUT2D eigenvalue weighted by atomic mass is 9.74. The third-order valence-corrected chi connectivity index (χ3v) is 9.19. The van der Waals surface area contributed by atoms with Crippen molar-refractivity contribution in [3.05, 3.63) is 113 Å². The van der Waals surface area contributed by atoms with Crippen molar-refractivity contribution in [3.63, 3.8) is 0 Å². The number of carbonyl (C=O) groups excluding carboxylic acids is 1. The number of carbonyl (C=O) groups is 1. The molecule has 0 radical (unpaired) electrons. The van der Waals surface area contributed by atoms with Gasteiger partial charge in [-0.05, 0) is 60.4 Å². The highest BCUT2D eigenvalue weighted by atomic mass is 32.2. The summed E-state index contributed by atoms with van der Waals surface area (Å²) >= 11 is 0. The molecular formula is C36H33F3N2O6S. The Hall–Kier alpha value is -4.84. The molecule has 0 saturated carbocycles. The first-order valence-corrected chi connectivity index (χ1v) is 16.6. The molecule has 4 aromatic rings. The molecule has 12 heteroatoms. The predicted molar refractivity (Wildman–Crippen MR) is 176 cm³/mol. The van der Waals surface area contributed by atoms with Crippen LogP contribution < -0.4 is 14.2 Å². The Morgan fingerprint density at radius 1 is 0.917 bits per heavy atom. The minimum atomic E-state index is -5.94. The SMILES string of the molecule is CC1(C)Cc2c(c(OS(=O)(=O)C(F)(F)F)cc3c2C(c2cccc(-c4ccc(NC(=O)OCc5ccccc5)cc4)c2)=NCC3(C)C)O1. The van der Waals surface area contributed by atoms with Gasteiger partial charge >= 0.3 is 21.7 Å². The number of ether oxygens (including phenoxy) is 2. The van der Waals surface area contributed by atoms with Crippen molar-refractivity contribution in [1.82, 2.24) is 0 Å². The maximum atomic E-state index is 13.3. The fraction of sp³-hybridized carbons (Fsp3) is 0.278. The minimum absolute atomic E-state index is 0.0430. The lowest BCUT2D eigenvalue weighted by Crippen LogP contribution is -2.32. The van der Waals surface area contributed by atoms with Gasteiger partial charge < -0.3 is 13.7 Å². The molecule has 0 aliphatic carbocycles. The summed E-state index contributed by atoms with van der Waals surface area (Å²) in [4.78, 5) is 17.3. The van der Waals surface area contributed by atoms with Crippen molar-refractivity contribution in [1.29, 1.82) is 0 Å². The molecule has 0 spiro atoms. The number of hydrogen-bond acceptors (Lipinski definition) is 7. The van der Waals surface area contributed by atoms with Gasteiger partial charge in [0.1, 0.15) is 12.2 Å². The Labute approximate surface area is 276 Å². The fourth-order valence-electron chi connectivity index (χ4n) is 5.89.